The lowest BCUT2D eigenvalue weighted by molar-refractivity contribution is 0.316. The topological polar surface area (TPSA) is 69.4 Å². The van der Waals surface area contributed by atoms with Gasteiger partial charge in [0.2, 0.25) is 0 Å². The van der Waals surface area contributed by atoms with Crippen LogP contribution in [0.15, 0.2) is 36.4 Å². The number of benzene rings is 2. The summed E-state index contributed by atoms with van der Waals surface area (Å²) in [5.41, 5.74) is 10.1. The number of sulfone groups is 1. The Morgan fingerprint density at radius 3 is 2.47 bits per heavy atom. The molecule has 4 nitrogen and oxygen atoms in total. The van der Waals surface area contributed by atoms with Crippen molar-refractivity contribution in [2.45, 2.75) is 63.3 Å². The normalized spacial score (nSPS) is 18.2. The van der Waals surface area contributed by atoms with E-state index >= 15 is 0 Å². The molecule has 3 rings (SSSR count). The van der Waals surface area contributed by atoms with Crippen molar-refractivity contribution in [3.05, 3.63) is 63.1 Å². The van der Waals surface area contributed by atoms with Crippen LogP contribution in [0.3, 0.4) is 0 Å². The first-order chi connectivity index (χ1) is 15.4. The molecule has 190 valence electrons. The standard InChI is InChI=1S/C25H35Cl2NO3SSi.ClH/c1-33(2,3)14-13-32(29,30)12-4-11-31-20-8-6-19-7-10-25(28)22(21(19)17-20)15-18-5-9-23(26)24(27)16-18;/h5-6,8-9,16-17,22,25H,4,7,10-15,28H2,1-3H3;1H. The van der Waals surface area contributed by atoms with Crippen molar-refractivity contribution in [1.82, 2.24) is 0 Å². The highest BCUT2D eigenvalue weighted by molar-refractivity contribution is 7.91. The molecule has 0 amide bonds. The predicted molar refractivity (Wildman–Crippen MR) is 150 cm³/mol. The van der Waals surface area contributed by atoms with E-state index in [-0.39, 0.29) is 35.9 Å². The zero-order valence-corrected chi connectivity index (χ0v) is 24.3. The first kappa shape index (κ1) is 29.5. The summed E-state index contributed by atoms with van der Waals surface area (Å²) < 4.78 is 30.6. The number of nitrogens with two attached hydrogens (primary N) is 1. The average molecular weight is 565 g/mol. The van der Waals surface area contributed by atoms with Gasteiger partial charge in [-0.2, -0.15) is 0 Å². The molecule has 0 heterocycles. The lowest BCUT2D eigenvalue weighted by atomic mass is 9.76. The van der Waals surface area contributed by atoms with E-state index in [1.165, 1.54) is 11.1 Å². The van der Waals surface area contributed by atoms with Crippen LogP contribution in [0.4, 0.5) is 0 Å². The number of halogens is 3. The Balaban J connectivity index is 0.00000408. The van der Waals surface area contributed by atoms with Crippen LogP contribution in [0, 0.1) is 0 Å². The van der Waals surface area contributed by atoms with E-state index < -0.39 is 17.9 Å². The second-order valence-corrected chi connectivity index (χ2v) is 19.0. The van der Waals surface area contributed by atoms with Crippen molar-refractivity contribution in [2.75, 3.05) is 18.1 Å². The van der Waals surface area contributed by atoms with E-state index in [0.29, 0.717) is 23.1 Å². The molecule has 0 radical (unpaired) electrons. The predicted octanol–water partition coefficient (Wildman–Crippen LogP) is 6.54. The van der Waals surface area contributed by atoms with Gasteiger partial charge in [-0.05, 0) is 72.7 Å². The maximum Gasteiger partial charge on any atom is 0.150 e. The number of aryl methyl sites for hydroxylation is 1. The zero-order chi connectivity index (χ0) is 24.2. The van der Waals surface area contributed by atoms with Gasteiger partial charge >= 0.3 is 0 Å². The molecule has 34 heavy (non-hydrogen) atoms. The van der Waals surface area contributed by atoms with Crippen LogP contribution in [0.5, 0.6) is 5.75 Å². The van der Waals surface area contributed by atoms with E-state index in [1.807, 2.05) is 24.3 Å². The molecule has 2 aromatic carbocycles. The Labute approximate surface area is 221 Å². The van der Waals surface area contributed by atoms with E-state index in [1.54, 1.807) is 0 Å². The van der Waals surface area contributed by atoms with Gasteiger partial charge in [-0.25, -0.2) is 8.42 Å². The van der Waals surface area contributed by atoms with Crippen LogP contribution < -0.4 is 10.5 Å². The van der Waals surface area contributed by atoms with Crippen LogP contribution in [0.25, 0.3) is 0 Å². The Morgan fingerprint density at radius 2 is 1.79 bits per heavy atom. The lowest BCUT2D eigenvalue weighted by Gasteiger charge is -2.32. The smallest absolute Gasteiger partial charge is 0.150 e. The van der Waals surface area contributed by atoms with Crippen molar-refractivity contribution in [2.24, 2.45) is 5.73 Å². The number of rotatable bonds is 10. The van der Waals surface area contributed by atoms with Crippen LogP contribution >= 0.6 is 35.6 Å². The third-order valence-corrected chi connectivity index (χ3v) is 10.8. The van der Waals surface area contributed by atoms with Gasteiger partial charge in [-0.15, -0.1) is 12.4 Å². The zero-order valence-electron chi connectivity index (χ0n) is 20.2. The highest BCUT2D eigenvalue weighted by Gasteiger charge is 2.28. The fourth-order valence-electron chi connectivity index (χ4n) is 4.20. The van der Waals surface area contributed by atoms with Gasteiger partial charge in [0.05, 0.1) is 22.4 Å². The SMILES string of the molecule is C[Si](C)(C)CCS(=O)(=O)CCCOc1ccc2c(c1)C(Cc1ccc(Cl)c(Cl)c1)C(N)CC2.Cl. The number of ether oxygens (including phenoxy) is 1. The molecule has 0 spiro atoms. The first-order valence-electron chi connectivity index (χ1n) is 11.6. The Bertz CT molecular complexity index is 1070. The second kappa shape index (κ2) is 12.5. The molecule has 9 heteroatoms. The minimum absolute atomic E-state index is 0. The first-order valence-corrected chi connectivity index (χ1v) is 17.9. The maximum absolute atomic E-state index is 12.3. The molecule has 0 aliphatic heterocycles. The van der Waals surface area contributed by atoms with Crippen LogP contribution in [-0.2, 0) is 22.7 Å². The molecule has 1 aliphatic carbocycles. The van der Waals surface area contributed by atoms with E-state index in [0.717, 1.165) is 36.6 Å². The Hall–Kier alpha value is -0.763. The Kier molecular flexibility index (Phi) is 10.8. The molecular formula is C25H36Cl3NO3SSi. The van der Waals surface area contributed by atoms with Gasteiger partial charge < -0.3 is 10.5 Å². The van der Waals surface area contributed by atoms with E-state index in [4.69, 9.17) is 33.7 Å². The summed E-state index contributed by atoms with van der Waals surface area (Å²) in [5, 5.41) is 1.10. The maximum atomic E-state index is 12.3. The van der Waals surface area contributed by atoms with E-state index in [9.17, 15) is 8.42 Å². The van der Waals surface area contributed by atoms with Crippen molar-refractivity contribution >= 4 is 53.5 Å². The van der Waals surface area contributed by atoms with E-state index in [2.05, 4.69) is 31.8 Å². The summed E-state index contributed by atoms with van der Waals surface area (Å²) in [6.45, 7) is 6.97. The quantitative estimate of drug-likeness (QED) is 0.263. The van der Waals surface area contributed by atoms with Gasteiger partial charge in [-0.1, -0.05) is 55.0 Å². The van der Waals surface area contributed by atoms with Gasteiger partial charge in [0, 0.05) is 25.8 Å². The van der Waals surface area contributed by atoms with Gasteiger partial charge in [0.1, 0.15) is 15.6 Å². The summed E-state index contributed by atoms with van der Waals surface area (Å²) in [6.07, 6.45) is 3.17. The molecule has 0 saturated heterocycles. The third kappa shape index (κ3) is 8.72. The third-order valence-electron chi connectivity index (χ3n) is 6.25. The highest BCUT2D eigenvalue weighted by atomic mass is 35.5. The average Bonchev–Trinajstić information content (AvgIpc) is 2.74. The van der Waals surface area contributed by atoms with Crippen molar-refractivity contribution in [3.63, 3.8) is 0 Å². The monoisotopic (exact) mass is 563 g/mol. The van der Waals surface area contributed by atoms with Crippen molar-refractivity contribution in [3.8, 4) is 5.75 Å². The molecule has 0 bridgehead atoms. The summed E-state index contributed by atoms with van der Waals surface area (Å²) in [6, 6.07) is 12.8. The summed E-state index contributed by atoms with van der Waals surface area (Å²) >= 11 is 12.3. The van der Waals surface area contributed by atoms with Gasteiger partial charge in [-0.3, -0.25) is 0 Å². The molecule has 1 aliphatic rings. The number of hydrogen-bond donors (Lipinski definition) is 1. The fraction of sp³-hybridized carbons (Fsp3) is 0.520. The van der Waals surface area contributed by atoms with Crippen LogP contribution in [-0.4, -0.2) is 40.6 Å². The minimum Gasteiger partial charge on any atom is -0.494 e. The molecule has 2 N–H and O–H groups in total. The number of fused-ring (bicyclic) bond motifs is 1. The molecule has 0 fully saturated rings. The summed E-state index contributed by atoms with van der Waals surface area (Å²) in [4.78, 5) is 0. The molecule has 0 saturated carbocycles. The second-order valence-electron chi connectivity index (χ2n) is 10.3. The van der Waals surface area contributed by atoms with Crippen LogP contribution in [0.2, 0.25) is 35.7 Å². The largest absolute Gasteiger partial charge is 0.494 e. The van der Waals surface area contributed by atoms with Crippen molar-refractivity contribution in [1.29, 1.82) is 0 Å². The van der Waals surface area contributed by atoms with Crippen molar-refractivity contribution < 1.29 is 13.2 Å². The molecule has 2 aromatic rings. The Morgan fingerprint density at radius 1 is 1.06 bits per heavy atom. The van der Waals surface area contributed by atoms with Gasteiger partial charge in [0.25, 0.3) is 0 Å². The minimum atomic E-state index is -3.02. The molecule has 0 aromatic heterocycles. The number of hydrogen-bond acceptors (Lipinski definition) is 4. The fourth-order valence-corrected chi connectivity index (χ4v) is 8.98. The van der Waals surface area contributed by atoms with Crippen LogP contribution in [0.1, 0.15) is 35.4 Å². The molecular weight excluding hydrogens is 529 g/mol. The summed E-state index contributed by atoms with van der Waals surface area (Å²) in [7, 11) is -4.39. The lowest BCUT2D eigenvalue weighted by Crippen LogP contribution is -2.34. The molecule has 2 atom stereocenters. The molecule has 2 unspecified atom stereocenters. The highest BCUT2D eigenvalue weighted by Crippen LogP contribution is 2.36. The van der Waals surface area contributed by atoms with Gasteiger partial charge in [0.15, 0.2) is 0 Å². The summed E-state index contributed by atoms with van der Waals surface area (Å²) in [5.74, 6) is 1.39.